The molecule has 2 rings (SSSR count). The van der Waals surface area contributed by atoms with Crippen LogP contribution in [0, 0.1) is 13.8 Å². The molecule has 2 aromatic rings. The normalized spacial score (nSPS) is 11.6. The van der Waals surface area contributed by atoms with E-state index in [1.165, 1.54) is 0 Å². The van der Waals surface area contributed by atoms with Crippen LogP contribution in [-0.4, -0.2) is 38.2 Å². The molecular formula is C21H25BrN2O4. The Hall–Kier alpha value is -2.38. The van der Waals surface area contributed by atoms with E-state index in [0.717, 1.165) is 15.6 Å². The number of ether oxygens (including phenoxy) is 2. The van der Waals surface area contributed by atoms with E-state index in [4.69, 9.17) is 9.47 Å². The fraction of sp³-hybridized carbons (Fsp3) is 0.333. The van der Waals surface area contributed by atoms with Crippen molar-refractivity contribution in [1.82, 2.24) is 5.32 Å². The van der Waals surface area contributed by atoms with Gasteiger partial charge >= 0.3 is 0 Å². The highest BCUT2D eigenvalue weighted by Crippen LogP contribution is 2.28. The van der Waals surface area contributed by atoms with Crippen LogP contribution < -0.4 is 15.4 Å². The van der Waals surface area contributed by atoms with Crippen LogP contribution in [-0.2, 0) is 9.53 Å². The Morgan fingerprint density at radius 3 is 2.29 bits per heavy atom. The van der Waals surface area contributed by atoms with E-state index in [1.54, 1.807) is 38.3 Å². The Bertz CT molecular complexity index is 814. The van der Waals surface area contributed by atoms with Crippen molar-refractivity contribution < 1.29 is 19.1 Å². The number of carbonyl (C=O) groups excluding carboxylic acids is 2. The Labute approximate surface area is 173 Å². The van der Waals surface area contributed by atoms with Crippen LogP contribution in [0.3, 0.4) is 0 Å². The van der Waals surface area contributed by atoms with E-state index in [0.29, 0.717) is 30.2 Å². The number of halogens is 1. The summed E-state index contributed by atoms with van der Waals surface area (Å²) in [6.07, 6.45) is -0.671. The summed E-state index contributed by atoms with van der Waals surface area (Å²) < 4.78 is 11.7. The molecule has 0 fully saturated rings. The molecule has 0 bridgehead atoms. The lowest BCUT2D eigenvalue weighted by molar-refractivity contribution is -0.122. The monoisotopic (exact) mass is 448 g/mol. The van der Waals surface area contributed by atoms with Gasteiger partial charge in [-0.3, -0.25) is 9.59 Å². The highest BCUT2D eigenvalue weighted by Gasteiger charge is 2.17. The first-order valence-electron chi connectivity index (χ1n) is 8.93. The second-order valence-corrected chi connectivity index (χ2v) is 7.36. The van der Waals surface area contributed by atoms with Crippen molar-refractivity contribution in [2.24, 2.45) is 0 Å². The number of carbonyl (C=O) groups is 2. The number of anilines is 1. The summed E-state index contributed by atoms with van der Waals surface area (Å²) in [5.41, 5.74) is 3.02. The van der Waals surface area contributed by atoms with Gasteiger partial charge in [-0.2, -0.15) is 0 Å². The zero-order valence-corrected chi connectivity index (χ0v) is 18.1. The number of benzene rings is 2. The fourth-order valence-corrected chi connectivity index (χ4v) is 3.32. The van der Waals surface area contributed by atoms with Crippen molar-refractivity contribution in [2.45, 2.75) is 26.9 Å². The zero-order chi connectivity index (χ0) is 20.7. The molecule has 0 heterocycles. The van der Waals surface area contributed by atoms with Crippen LogP contribution in [0.1, 0.15) is 28.4 Å². The van der Waals surface area contributed by atoms with E-state index >= 15 is 0 Å². The number of amides is 2. The highest BCUT2D eigenvalue weighted by molar-refractivity contribution is 9.10. The third kappa shape index (κ3) is 6.07. The van der Waals surface area contributed by atoms with Crippen molar-refractivity contribution in [3.63, 3.8) is 0 Å². The first-order chi connectivity index (χ1) is 13.3. The maximum atomic E-state index is 12.5. The predicted octanol–water partition coefficient (Wildman–Crippen LogP) is 3.85. The second kappa shape index (κ2) is 10.2. The van der Waals surface area contributed by atoms with Gasteiger partial charge in [-0.15, -0.1) is 0 Å². The number of rotatable bonds is 8. The summed E-state index contributed by atoms with van der Waals surface area (Å²) in [6.45, 7) is 6.47. The smallest absolute Gasteiger partial charge is 0.265 e. The van der Waals surface area contributed by atoms with Gasteiger partial charge in [-0.1, -0.05) is 15.9 Å². The Kier molecular flexibility index (Phi) is 8.02. The van der Waals surface area contributed by atoms with Gasteiger partial charge in [0.2, 0.25) is 0 Å². The molecule has 2 amide bonds. The Balaban J connectivity index is 1.96. The minimum absolute atomic E-state index is 0.187. The van der Waals surface area contributed by atoms with Gasteiger partial charge in [-0.25, -0.2) is 0 Å². The number of aryl methyl sites for hydroxylation is 2. The predicted molar refractivity (Wildman–Crippen MR) is 113 cm³/mol. The van der Waals surface area contributed by atoms with Gasteiger partial charge in [0, 0.05) is 29.4 Å². The SMILES string of the molecule is COCCNC(=O)c1ccc(NC(=O)C(C)Oc2c(C)cc(Br)cc2C)cc1. The van der Waals surface area contributed by atoms with Gasteiger partial charge < -0.3 is 20.1 Å². The molecule has 0 aliphatic rings. The molecule has 0 saturated carbocycles. The van der Waals surface area contributed by atoms with Gasteiger partial charge in [-0.05, 0) is 68.3 Å². The quantitative estimate of drug-likeness (QED) is 0.601. The molecule has 6 nitrogen and oxygen atoms in total. The number of hydrogen-bond acceptors (Lipinski definition) is 4. The van der Waals surface area contributed by atoms with E-state index < -0.39 is 6.10 Å². The van der Waals surface area contributed by atoms with Crippen molar-refractivity contribution >= 4 is 33.4 Å². The van der Waals surface area contributed by atoms with E-state index in [9.17, 15) is 9.59 Å². The molecule has 0 aromatic heterocycles. The number of nitrogens with one attached hydrogen (secondary N) is 2. The van der Waals surface area contributed by atoms with Crippen molar-refractivity contribution in [3.05, 3.63) is 57.6 Å². The first kappa shape index (κ1) is 21.9. The molecule has 1 unspecified atom stereocenters. The average molecular weight is 449 g/mol. The highest BCUT2D eigenvalue weighted by atomic mass is 79.9. The number of hydrogen-bond donors (Lipinski definition) is 2. The Morgan fingerprint density at radius 1 is 1.11 bits per heavy atom. The average Bonchev–Trinajstić information content (AvgIpc) is 2.65. The van der Waals surface area contributed by atoms with Crippen LogP contribution in [0.4, 0.5) is 5.69 Å². The molecule has 0 aliphatic heterocycles. The molecule has 0 spiro atoms. The first-order valence-corrected chi connectivity index (χ1v) is 9.72. The molecule has 0 radical (unpaired) electrons. The van der Waals surface area contributed by atoms with Crippen LogP contribution in [0.25, 0.3) is 0 Å². The van der Waals surface area contributed by atoms with Crippen LogP contribution >= 0.6 is 15.9 Å². The second-order valence-electron chi connectivity index (χ2n) is 6.44. The molecular weight excluding hydrogens is 424 g/mol. The summed E-state index contributed by atoms with van der Waals surface area (Å²) >= 11 is 3.45. The van der Waals surface area contributed by atoms with Gasteiger partial charge in [0.05, 0.1) is 6.61 Å². The minimum atomic E-state index is -0.671. The van der Waals surface area contributed by atoms with Crippen LogP contribution in [0.2, 0.25) is 0 Å². The third-order valence-electron chi connectivity index (χ3n) is 4.10. The van der Waals surface area contributed by atoms with E-state index in [1.807, 2.05) is 26.0 Å². The summed E-state index contributed by atoms with van der Waals surface area (Å²) in [7, 11) is 1.58. The standard InChI is InChI=1S/C21H25BrN2O4/c1-13-11-17(22)12-14(2)19(13)28-15(3)20(25)24-18-7-5-16(6-8-18)21(26)23-9-10-27-4/h5-8,11-12,15H,9-10H2,1-4H3,(H,23,26)(H,24,25). The molecule has 1 atom stereocenters. The van der Waals surface area contributed by atoms with Crippen LogP contribution in [0.5, 0.6) is 5.75 Å². The summed E-state index contributed by atoms with van der Waals surface area (Å²) in [5, 5.41) is 5.55. The summed E-state index contributed by atoms with van der Waals surface area (Å²) in [4.78, 5) is 24.4. The van der Waals surface area contributed by atoms with Crippen molar-refractivity contribution in [1.29, 1.82) is 0 Å². The maximum absolute atomic E-state index is 12.5. The molecule has 2 aromatic carbocycles. The lowest BCUT2D eigenvalue weighted by atomic mass is 10.1. The lowest BCUT2D eigenvalue weighted by Gasteiger charge is -2.18. The lowest BCUT2D eigenvalue weighted by Crippen LogP contribution is -2.30. The zero-order valence-electron chi connectivity index (χ0n) is 16.5. The molecule has 2 N–H and O–H groups in total. The fourth-order valence-electron chi connectivity index (χ4n) is 2.63. The maximum Gasteiger partial charge on any atom is 0.265 e. The number of methoxy groups -OCH3 is 1. The topological polar surface area (TPSA) is 76.7 Å². The summed E-state index contributed by atoms with van der Waals surface area (Å²) in [5.74, 6) is 0.251. The van der Waals surface area contributed by atoms with Crippen molar-refractivity contribution in [2.75, 3.05) is 25.6 Å². The van der Waals surface area contributed by atoms with Gasteiger partial charge in [0.25, 0.3) is 11.8 Å². The minimum Gasteiger partial charge on any atom is -0.480 e. The van der Waals surface area contributed by atoms with Gasteiger partial charge in [0.1, 0.15) is 5.75 Å². The van der Waals surface area contributed by atoms with E-state index in [-0.39, 0.29) is 11.8 Å². The van der Waals surface area contributed by atoms with Crippen LogP contribution in [0.15, 0.2) is 40.9 Å². The summed E-state index contributed by atoms with van der Waals surface area (Å²) in [6, 6.07) is 10.6. The molecule has 150 valence electrons. The van der Waals surface area contributed by atoms with Gasteiger partial charge in [0.15, 0.2) is 6.10 Å². The third-order valence-corrected chi connectivity index (χ3v) is 4.55. The van der Waals surface area contributed by atoms with Crippen molar-refractivity contribution in [3.8, 4) is 5.75 Å². The largest absolute Gasteiger partial charge is 0.480 e. The molecule has 28 heavy (non-hydrogen) atoms. The van der Waals surface area contributed by atoms with E-state index in [2.05, 4.69) is 26.6 Å². The Morgan fingerprint density at radius 2 is 1.71 bits per heavy atom. The molecule has 0 aliphatic carbocycles. The molecule has 0 saturated heterocycles. The molecule has 7 heteroatoms.